The molecule has 0 spiro atoms. The van der Waals surface area contributed by atoms with Crippen molar-refractivity contribution in [1.29, 1.82) is 0 Å². The first-order valence-corrected chi connectivity index (χ1v) is 18.5. The van der Waals surface area contributed by atoms with E-state index in [9.17, 15) is 18.0 Å². The number of hydrogen-bond acceptors (Lipinski definition) is 6. The number of nitrogens with zero attached hydrogens (tertiary/aromatic N) is 2. The minimum Gasteiger partial charge on any atom is -0.494 e. The molecule has 4 rings (SSSR count). The topological polar surface area (TPSA) is 96.0 Å². The van der Waals surface area contributed by atoms with Crippen molar-refractivity contribution in [3.8, 4) is 5.75 Å². The largest absolute Gasteiger partial charge is 0.494 e. The minimum atomic E-state index is -4.22. The Morgan fingerprint density at radius 3 is 2.19 bits per heavy atom. The summed E-state index contributed by atoms with van der Waals surface area (Å²) in [7, 11) is -4.22. The monoisotopic (exact) mass is 693 g/mol. The molecule has 0 aliphatic rings. The van der Waals surface area contributed by atoms with E-state index in [-0.39, 0.29) is 29.5 Å². The van der Waals surface area contributed by atoms with Crippen LogP contribution in [-0.2, 0) is 32.6 Å². The van der Waals surface area contributed by atoms with Crippen LogP contribution >= 0.6 is 23.4 Å². The van der Waals surface area contributed by atoms with E-state index in [0.717, 1.165) is 14.8 Å². The molecule has 11 heteroatoms. The number of amides is 2. The number of sulfonamides is 1. The summed E-state index contributed by atoms with van der Waals surface area (Å²) in [5.74, 6) is -0.299. The van der Waals surface area contributed by atoms with Gasteiger partial charge in [0.15, 0.2) is 0 Å². The molecule has 8 nitrogen and oxygen atoms in total. The van der Waals surface area contributed by atoms with E-state index in [1.807, 2.05) is 56.5 Å². The molecule has 0 radical (unpaired) electrons. The molecule has 2 amide bonds. The van der Waals surface area contributed by atoms with E-state index in [1.165, 1.54) is 28.8 Å². The van der Waals surface area contributed by atoms with Crippen LogP contribution in [-0.4, -0.2) is 57.1 Å². The highest BCUT2D eigenvalue weighted by Gasteiger charge is 2.34. The molecule has 0 aromatic heterocycles. The van der Waals surface area contributed by atoms with Crippen LogP contribution in [0, 0.1) is 0 Å². The fraction of sp³-hybridized carbons (Fsp3) is 0.278. The predicted octanol–water partition coefficient (Wildman–Crippen LogP) is 6.82. The molecule has 0 aliphatic carbocycles. The van der Waals surface area contributed by atoms with Crippen molar-refractivity contribution < 1.29 is 22.7 Å². The van der Waals surface area contributed by atoms with Gasteiger partial charge in [-0.1, -0.05) is 61.0 Å². The SMILES string of the molecule is CCCNC(=O)C(Cc1ccccc1)N(Cc1cccc(Cl)c1)C(=O)CN(c1ccc(OCC)cc1)S(=O)(=O)c1ccc(SC)cc1. The van der Waals surface area contributed by atoms with Crippen LogP contribution in [0.5, 0.6) is 5.75 Å². The average Bonchev–Trinajstić information content (AvgIpc) is 3.08. The fourth-order valence-electron chi connectivity index (χ4n) is 5.03. The van der Waals surface area contributed by atoms with Crippen LogP contribution in [0.15, 0.2) is 113 Å². The lowest BCUT2D eigenvalue weighted by Crippen LogP contribution is -2.53. The van der Waals surface area contributed by atoms with Crippen LogP contribution < -0.4 is 14.4 Å². The Bertz CT molecular complexity index is 1720. The van der Waals surface area contributed by atoms with Crippen molar-refractivity contribution >= 4 is 50.9 Å². The molecule has 1 N–H and O–H groups in total. The number of thioether (sulfide) groups is 1. The smallest absolute Gasteiger partial charge is 0.264 e. The van der Waals surface area contributed by atoms with Crippen LogP contribution in [0.2, 0.25) is 5.02 Å². The second-order valence-corrected chi connectivity index (χ2v) is 13.9. The van der Waals surface area contributed by atoms with Crippen LogP contribution in [0.1, 0.15) is 31.4 Å². The van der Waals surface area contributed by atoms with Gasteiger partial charge < -0.3 is 15.0 Å². The highest BCUT2D eigenvalue weighted by Crippen LogP contribution is 2.28. The maximum absolute atomic E-state index is 14.6. The lowest BCUT2D eigenvalue weighted by Gasteiger charge is -2.34. The van der Waals surface area contributed by atoms with Crippen molar-refractivity contribution in [2.24, 2.45) is 0 Å². The molecule has 0 saturated heterocycles. The Morgan fingerprint density at radius 1 is 0.894 bits per heavy atom. The summed E-state index contributed by atoms with van der Waals surface area (Å²) in [4.78, 5) is 30.7. The van der Waals surface area contributed by atoms with Gasteiger partial charge in [0.05, 0.1) is 17.2 Å². The third-order valence-electron chi connectivity index (χ3n) is 7.42. The minimum absolute atomic E-state index is 0.0377. The zero-order chi connectivity index (χ0) is 33.8. The van der Waals surface area contributed by atoms with Gasteiger partial charge in [-0.2, -0.15) is 0 Å². The van der Waals surface area contributed by atoms with Gasteiger partial charge in [-0.15, -0.1) is 11.8 Å². The molecule has 0 fully saturated rings. The second kappa shape index (κ2) is 17.2. The quantitative estimate of drug-likeness (QED) is 0.129. The zero-order valence-corrected chi connectivity index (χ0v) is 29.2. The van der Waals surface area contributed by atoms with Gasteiger partial charge in [-0.05, 0) is 91.4 Å². The number of ether oxygens (including phenoxy) is 1. The first-order chi connectivity index (χ1) is 22.7. The first-order valence-electron chi connectivity index (χ1n) is 15.4. The molecule has 47 heavy (non-hydrogen) atoms. The molecule has 0 saturated carbocycles. The van der Waals surface area contributed by atoms with Crippen LogP contribution in [0.3, 0.4) is 0 Å². The maximum Gasteiger partial charge on any atom is 0.264 e. The Balaban J connectivity index is 1.80. The number of anilines is 1. The number of carbonyl (C=O) groups is 2. The molecule has 0 bridgehead atoms. The third-order valence-corrected chi connectivity index (χ3v) is 10.2. The number of nitrogens with one attached hydrogen (secondary N) is 1. The Hall–Kier alpha value is -3.99. The molecule has 4 aromatic rings. The summed E-state index contributed by atoms with van der Waals surface area (Å²) >= 11 is 7.81. The highest BCUT2D eigenvalue weighted by atomic mass is 35.5. The number of halogens is 1. The summed E-state index contributed by atoms with van der Waals surface area (Å²) in [6, 6.07) is 28.7. The summed E-state index contributed by atoms with van der Waals surface area (Å²) in [5.41, 5.74) is 1.85. The molecule has 0 heterocycles. The molecular formula is C36H40ClN3O5S2. The first kappa shape index (κ1) is 35.9. The predicted molar refractivity (Wildman–Crippen MR) is 190 cm³/mol. The molecular weight excluding hydrogens is 654 g/mol. The normalized spacial score (nSPS) is 11.8. The van der Waals surface area contributed by atoms with Crippen molar-refractivity contribution in [1.82, 2.24) is 10.2 Å². The number of carbonyl (C=O) groups excluding carboxylic acids is 2. The van der Waals surface area contributed by atoms with E-state index < -0.39 is 28.5 Å². The van der Waals surface area contributed by atoms with E-state index in [2.05, 4.69) is 5.32 Å². The molecule has 1 unspecified atom stereocenters. The Labute approximate surface area is 287 Å². The standard InChI is InChI=1S/C36H40ClN3O5S2/c1-4-22-38-36(42)34(24-27-10-7-6-8-11-27)39(25-28-12-9-13-29(37)23-28)35(41)26-40(30-14-16-31(17-15-30)45-5-2)47(43,44)33-20-18-32(46-3)19-21-33/h6-21,23,34H,4-5,22,24-26H2,1-3H3,(H,38,42). The summed E-state index contributed by atoms with van der Waals surface area (Å²) in [5, 5.41) is 3.43. The van der Waals surface area contributed by atoms with E-state index >= 15 is 0 Å². The molecule has 248 valence electrons. The van der Waals surface area contributed by atoms with Gasteiger partial charge in [-0.3, -0.25) is 13.9 Å². The summed E-state index contributed by atoms with van der Waals surface area (Å²) in [6.45, 7) is 4.18. The van der Waals surface area contributed by atoms with Gasteiger partial charge >= 0.3 is 0 Å². The zero-order valence-electron chi connectivity index (χ0n) is 26.8. The summed E-state index contributed by atoms with van der Waals surface area (Å²) < 4.78 is 35.2. The van der Waals surface area contributed by atoms with Gasteiger partial charge in [0.25, 0.3) is 10.0 Å². The lowest BCUT2D eigenvalue weighted by molar-refractivity contribution is -0.140. The van der Waals surface area contributed by atoms with E-state index in [4.69, 9.17) is 16.3 Å². The molecule has 1 atom stereocenters. The van der Waals surface area contributed by atoms with Crippen molar-refractivity contribution in [2.75, 3.05) is 30.3 Å². The maximum atomic E-state index is 14.6. The Kier molecular flexibility index (Phi) is 13.2. The van der Waals surface area contributed by atoms with E-state index in [0.29, 0.717) is 35.9 Å². The van der Waals surface area contributed by atoms with Crippen molar-refractivity contribution in [2.45, 2.75) is 49.1 Å². The number of rotatable bonds is 16. The van der Waals surface area contributed by atoms with Crippen LogP contribution in [0.4, 0.5) is 5.69 Å². The van der Waals surface area contributed by atoms with Gasteiger partial charge in [0.2, 0.25) is 11.8 Å². The van der Waals surface area contributed by atoms with Crippen molar-refractivity contribution in [3.05, 3.63) is 119 Å². The third kappa shape index (κ3) is 9.76. The Morgan fingerprint density at radius 2 is 1.57 bits per heavy atom. The lowest BCUT2D eigenvalue weighted by atomic mass is 10.0. The second-order valence-electron chi connectivity index (χ2n) is 10.8. The average molecular weight is 694 g/mol. The van der Waals surface area contributed by atoms with E-state index in [1.54, 1.807) is 54.6 Å². The van der Waals surface area contributed by atoms with Crippen LogP contribution in [0.25, 0.3) is 0 Å². The highest BCUT2D eigenvalue weighted by molar-refractivity contribution is 7.98. The summed E-state index contributed by atoms with van der Waals surface area (Å²) in [6.07, 6.45) is 2.85. The fourth-order valence-corrected chi connectivity index (χ4v) is 7.07. The van der Waals surface area contributed by atoms with Crippen molar-refractivity contribution in [3.63, 3.8) is 0 Å². The van der Waals surface area contributed by atoms with Gasteiger partial charge in [0.1, 0.15) is 18.3 Å². The number of hydrogen-bond donors (Lipinski definition) is 1. The number of benzene rings is 4. The van der Waals surface area contributed by atoms with Gasteiger partial charge in [-0.25, -0.2) is 8.42 Å². The molecule has 4 aromatic carbocycles. The molecule has 0 aliphatic heterocycles. The van der Waals surface area contributed by atoms with Gasteiger partial charge in [0, 0.05) is 29.4 Å².